The molecule has 0 bridgehead atoms. The van der Waals surface area contributed by atoms with Crippen molar-refractivity contribution in [2.45, 2.75) is 81.6 Å². The van der Waals surface area contributed by atoms with Crippen LogP contribution in [-0.2, 0) is 16.6 Å². The summed E-state index contributed by atoms with van der Waals surface area (Å²) in [5, 5.41) is -0.0163. The first-order valence-corrected chi connectivity index (χ1v) is 11.8. The van der Waals surface area contributed by atoms with Gasteiger partial charge in [-0.25, -0.2) is 0 Å². The maximum atomic E-state index is 12.4. The van der Waals surface area contributed by atoms with Gasteiger partial charge in [-0.15, -0.1) is 13.2 Å². The number of aryl methyl sites for hydroxylation is 1. The fourth-order valence-corrected chi connectivity index (χ4v) is 5.74. The van der Waals surface area contributed by atoms with Gasteiger partial charge in [-0.05, 0) is 74.8 Å². The summed E-state index contributed by atoms with van der Waals surface area (Å²) >= 11 is 5.99. The molecule has 2 heterocycles. The molecule has 1 unspecified atom stereocenters. The summed E-state index contributed by atoms with van der Waals surface area (Å²) in [6, 6.07) is 10.7. The molecule has 1 spiro atoms. The summed E-state index contributed by atoms with van der Waals surface area (Å²) in [4.78, 5) is 4.74. The van der Waals surface area contributed by atoms with Crippen molar-refractivity contribution in [3.63, 3.8) is 0 Å². The molecule has 1 aliphatic heterocycles. The highest BCUT2D eigenvalue weighted by molar-refractivity contribution is 6.32. The minimum atomic E-state index is -4.74. The summed E-state index contributed by atoms with van der Waals surface area (Å²) in [5.74, 6) is -0.360. The quantitative estimate of drug-likeness (QED) is 0.397. The maximum Gasteiger partial charge on any atom is 0.573 e. The van der Waals surface area contributed by atoms with Crippen LogP contribution < -0.4 is 4.74 Å². The molecular weight excluding hydrogens is 439 g/mol. The Balaban J connectivity index is 1.40. The summed E-state index contributed by atoms with van der Waals surface area (Å²) < 4.78 is 47.6. The third-order valence-electron chi connectivity index (χ3n) is 6.97. The zero-order valence-electron chi connectivity index (χ0n) is 18.1. The molecule has 4 rings (SSSR count). The minimum absolute atomic E-state index is 0.00237. The Morgan fingerprint density at radius 1 is 1.06 bits per heavy atom. The topological polar surface area (TPSA) is 31.4 Å². The van der Waals surface area contributed by atoms with E-state index in [1.54, 1.807) is 12.1 Å². The number of hydrogen-bond acceptors (Lipinski definition) is 3. The van der Waals surface area contributed by atoms with Gasteiger partial charge in [0.25, 0.3) is 0 Å². The third-order valence-corrected chi connectivity index (χ3v) is 7.26. The highest BCUT2D eigenvalue weighted by Crippen LogP contribution is 2.50. The molecule has 0 radical (unpaired) electrons. The smallest absolute Gasteiger partial charge is 0.404 e. The molecule has 32 heavy (non-hydrogen) atoms. The molecule has 3 nitrogen and oxygen atoms in total. The van der Waals surface area contributed by atoms with E-state index >= 15 is 0 Å². The van der Waals surface area contributed by atoms with E-state index in [-0.39, 0.29) is 21.8 Å². The van der Waals surface area contributed by atoms with Crippen LogP contribution in [-0.4, -0.2) is 23.6 Å². The number of nitrogens with zero attached hydrogens (tertiary/aromatic N) is 1. The lowest BCUT2D eigenvalue weighted by Crippen LogP contribution is -2.46. The van der Waals surface area contributed by atoms with E-state index < -0.39 is 6.36 Å². The van der Waals surface area contributed by atoms with Gasteiger partial charge >= 0.3 is 6.36 Å². The van der Waals surface area contributed by atoms with Crippen molar-refractivity contribution in [1.29, 1.82) is 0 Å². The first kappa shape index (κ1) is 23.4. The van der Waals surface area contributed by atoms with Gasteiger partial charge in [0.1, 0.15) is 5.75 Å². The predicted octanol–water partition coefficient (Wildman–Crippen LogP) is 7.41. The molecule has 7 heteroatoms. The van der Waals surface area contributed by atoms with Crippen molar-refractivity contribution < 1.29 is 22.6 Å². The molecule has 2 fully saturated rings. The normalized spacial score (nSPS) is 22.9. The van der Waals surface area contributed by atoms with Crippen LogP contribution in [0, 0.1) is 0 Å². The largest absolute Gasteiger partial charge is 0.573 e. The zero-order chi connectivity index (χ0) is 22.7. The number of hydrogen-bond donors (Lipinski definition) is 0. The predicted molar refractivity (Wildman–Crippen MR) is 118 cm³/mol. The number of aromatic nitrogens is 1. The maximum absolute atomic E-state index is 12.4. The summed E-state index contributed by atoms with van der Waals surface area (Å²) in [6.07, 6.45) is 7.56. The van der Waals surface area contributed by atoms with Gasteiger partial charge in [-0.3, -0.25) is 4.98 Å². The number of ether oxygens (including phenoxy) is 2. The third kappa shape index (κ3) is 5.57. The summed E-state index contributed by atoms with van der Waals surface area (Å²) in [5.41, 5.74) is 2.09. The Morgan fingerprint density at radius 2 is 1.88 bits per heavy atom. The molecule has 1 aromatic heterocycles. The lowest BCUT2D eigenvalue weighted by molar-refractivity contribution is -0.274. The van der Waals surface area contributed by atoms with Gasteiger partial charge in [0.15, 0.2) is 0 Å². The van der Waals surface area contributed by atoms with E-state index in [0.29, 0.717) is 0 Å². The second-order valence-electron chi connectivity index (χ2n) is 9.18. The first-order chi connectivity index (χ1) is 15.3. The number of rotatable bonds is 7. The van der Waals surface area contributed by atoms with Crippen LogP contribution >= 0.6 is 11.6 Å². The number of benzene rings is 1. The molecular formula is C25H29ClF3NO2. The van der Waals surface area contributed by atoms with Crippen molar-refractivity contribution in [3.8, 4) is 5.75 Å². The second-order valence-corrected chi connectivity index (χ2v) is 9.59. The van der Waals surface area contributed by atoms with Crippen LogP contribution in [0.4, 0.5) is 13.2 Å². The van der Waals surface area contributed by atoms with E-state index in [1.807, 2.05) is 12.3 Å². The SMILES string of the molecule is FC(F)(F)Oc1ccc(CCCCC2(c3ccccn3)CCOC3(CCCC3)C2)cc1Cl. The number of alkyl halides is 3. The molecule has 1 saturated heterocycles. The van der Waals surface area contributed by atoms with Gasteiger partial charge in [-0.1, -0.05) is 43.0 Å². The monoisotopic (exact) mass is 467 g/mol. The highest BCUT2D eigenvalue weighted by Gasteiger charge is 2.48. The van der Waals surface area contributed by atoms with E-state index in [9.17, 15) is 13.2 Å². The van der Waals surface area contributed by atoms with Gasteiger partial charge in [0, 0.05) is 23.9 Å². The molecule has 1 aromatic carbocycles. The van der Waals surface area contributed by atoms with Crippen LogP contribution in [0.2, 0.25) is 5.02 Å². The van der Waals surface area contributed by atoms with Crippen molar-refractivity contribution in [2.75, 3.05) is 6.61 Å². The average molecular weight is 468 g/mol. The standard InChI is InChI=1S/C25H29ClF3NO2/c26-20-17-19(9-10-21(20)32-25(27,28)29)7-1-3-11-23(22-8-2-6-15-30-22)14-16-31-24(18-23)12-4-5-13-24/h2,6,8-10,15,17H,1,3-5,7,11-14,16,18H2. The first-order valence-electron chi connectivity index (χ1n) is 11.4. The Morgan fingerprint density at radius 3 is 2.56 bits per heavy atom. The van der Waals surface area contributed by atoms with Crippen molar-refractivity contribution in [1.82, 2.24) is 4.98 Å². The van der Waals surface area contributed by atoms with E-state index in [4.69, 9.17) is 21.3 Å². The Labute approximate surface area is 192 Å². The Kier molecular flexibility index (Phi) is 7.01. The van der Waals surface area contributed by atoms with Crippen LogP contribution in [0.1, 0.15) is 69.0 Å². The molecule has 1 saturated carbocycles. The van der Waals surface area contributed by atoms with Gasteiger partial charge in [0.2, 0.25) is 0 Å². The Bertz CT molecular complexity index is 900. The van der Waals surface area contributed by atoms with Crippen molar-refractivity contribution in [3.05, 3.63) is 58.9 Å². The lowest BCUT2D eigenvalue weighted by Gasteiger charge is -2.46. The van der Waals surface area contributed by atoms with E-state index in [2.05, 4.69) is 16.9 Å². The van der Waals surface area contributed by atoms with Crippen molar-refractivity contribution in [2.24, 2.45) is 0 Å². The van der Waals surface area contributed by atoms with Crippen LogP contribution in [0.3, 0.4) is 0 Å². The van der Waals surface area contributed by atoms with Crippen LogP contribution in [0.25, 0.3) is 0 Å². The molecule has 0 amide bonds. The van der Waals surface area contributed by atoms with Gasteiger partial charge in [0.05, 0.1) is 10.6 Å². The molecule has 1 aliphatic carbocycles. The minimum Gasteiger partial charge on any atom is -0.404 e. The van der Waals surface area contributed by atoms with Crippen LogP contribution in [0.15, 0.2) is 42.6 Å². The second kappa shape index (κ2) is 9.60. The summed E-state index contributed by atoms with van der Waals surface area (Å²) in [6.45, 7) is 0.771. The van der Waals surface area contributed by atoms with Crippen molar-refractivity contribution >= 4 is 11.6 Å². The number of halogens is 4. The molecule has 1 atom stereocenters. The number of unbranched alkanes of at least 4 members (excludes halogenated alkanes) is 1. The van der Waals surface area contributed by atoms with E-state index in [0.717, 1.165) is 69.2 Å². The summed E-state index contributed by atoms with van der Waals surface area (Å²) in [7, 11) is 0. The molecule has 2 aliphatic rings. The molecule has 174 valence electrons. The van der Waals surface area contributed by atoms with E-state index in [1.165, 1.54) is 18.9 Å². The lowest BCUT2D eigenvalue weighted by atomic mass is 9.67. The molecule has 0 N–H and O–H groups in total. The fraction of sp³-hybridized carbons (Fsp3) is 0.560. The van der Waals surface area contributed by atoms with Crippen LogP contribution in [0.5, 0.6) is 5.75 Å². The average Bonchev–Trinajstić information content (AvgIpc) is 3.20. The molecule has 2 aromatic rings. The fourth-order valence-electron chi connectivity index (χ4n) is 5.50. The van der Waals surface area contributed by atoms with Gasteiger partial charge < -0.3 is 9.47 Å². The number of pyridine rings is 1. The highest BCUT2D eigenvalue weighted by atomic mass is 35.5. The Hall–Kier alpha value is -1.79. The zero-order valence-corrected chi connectivity index (χ0v) is 18.9. The van der Waals surface area contributed by atoms with Gasteiger partial charge in [-0.2, -0.15) is 0 Å².